The molecule has 29 heavy (non-hydrogen) atoms. The molecule has 5 rings (SSSR count). The van der Waals surface area contributed by atoms with E-state index in [-0.39, 0.29) is 23.5 Å². The number of Topliss-reactive ketones (excluding diaryl/α,β-unsaturated/α-hetero) is 2. The molecule has 2 aromatic rings. The fraction of sp³-hybridized carbons (Fsp3) is 0.227. The Hall–Kier alpha value is -3.22. The van der Waals surface area contributed by atoms with E-state index in [4.69, 9.17) is 0 Å². The molecule has 0 unspecified atom stereocenters. The number of anilines is 1. The molecule has 3 atom stereocenters. The number of carbonyl (C=O) groups excluding carboxylic acids is 3. The van der Waals surface area contributed by atoms with Crippen LogP contribution in [0.25, 0.3) is 5.57 Å². The molecule has 3 aliphatic rings. The first-order chi connectivity index (χ1) is 13.8. The molecular weight excluding hydrogens is 383 g/mol. The molecule has 0 saturated heterocycles. The topological polar surface area (TPSA) is 54.5 Å². The summed E-state index contributed by atoms with van der Waals surface area (Å²) in [5.74, 6) is -4.53. The zero-order valence-corrected chi connectivity index (χ0v) is 14.9. The van der Waals surface area contributed by atoms with Gasteiger partial charge in [-0.05, 0) is 18.1 Å². The highest BCUT2D eigenvalue weighted by Crippen LogP contribution is 2.52. The molecule has 0 N–H and O–H groups in total. The van der Waals surface area contributed by atoms with Crippen molar-refractivity contribution in [3.8, 4) is 0 Å². The van der Waals surface area contributed by atoms with Crippen LogP contribution in [-0.4, -0.2) is 29.7 Å². The van der Waals surface area contributed by atoms with Gasteiger partial charge in [0.15, 0.2) is 11.6 Å². The van der Waals surface area contributed by atoms with Crippen LogP contribution in [-0.2, 0) is 4.79 Å². The summed E-state index contributed by atoms with van der Waals surface area (Å²) < 4.78 is 40.3. The lowest BCUT2D eigenvalue weighted by molar-refractivity contribution is -0.170. The third-order valence-electron chi connectivity index (χ3n) is 6.00. The Labute approximate surface area is 163 Å². The predicted molar refractivity (Wildman–Crippen MR) is 98.4 cm³/mol. The molecule has 0 fully saturated rings. The summed E-state index contributed by atoms with van der Waals surface area (Å²) in [7, 11) is 0. The van der Waals surface area contributed by atoms with E-state index in [9.17, 15) is 27.6 Å². The minimum Gasteiger partial charge on any atom is -0.296 e. The van der Waals surface area contributed by atoms with Crippen molar-refractivity contribution in [3.05, 3.63) is 71.3 Å². The normalized spacial score (nSPS) is 25.0. The smallest absolute Gasteiger partial charge is 0.296 e. The van der Waals surface area contributed by atoms with Crippen LogP contribution < -0.4 is 4.90 Å². The Morgan fingerprint density at radius 2 is 1.48 bits per heavy atom. The highest BCUT2D eigenvalue weighted by Gasteiger charge is 2.57. The Bertz CT molecular complexity index is 1120. The molecule has 0 spiro atoms. The Balaban J connectivity index is 1.71. The molecule has 0 bridgehead atoms. The lowest BCUT2D eigenvalue weighted by Gasteiger charge is -2.41. The van der Waals surface area contributed by atoms with Crippen LogP contribution in [0, 0.1) is 11.8 Å². The van der Waals surface area contributed by atoms with E-state index in [1.807, 2.05) is 0 Å². The summed E-state index contributed by atoms with van der Waals surface area (Å²) >= 11 is 0. The second-order valence-electron chi connectivity index (χ2n) is 7.44. The van der Waals surface area contributed by atoms with E-state index in [1.165, 1.54) is 12.1 Å². The summed E-state index contributed by atoms with van der Waals surface area (Å²) in [6, 6.07) is 11.5. The first kappa shape index (κ1) is 17.8. The molecule has 146 valence electrons. The average molecular weight is 397 g/mol. The van der Waals surface area contributed by atoms with Crippen molar-refractivity contribution in [1.29, 1.82) is 0 Å². The van der Waals surface area contributed by atoms with Crippen LogP contribution in [0.3, 0.4) is 0 Å². The maximum absolute atomic E-state index is 13.4. The molecule has 4 nitrogen and oxygen atoms in total. The van der Waals surface area contributed by atoms with Crippen LogP contribution in [0.2, 0.25) is 0 Å². The van der Waals surface area contributed by atoms with Gasteiger partial charge in [0.25, 0.3) is 0 Å². The lowest BCUT2D eigenvalue weighted by atomic mass is 9.65. The molecular formula is C22H14F3NO3. The van der Waals surface area contributed by atoms with Gasteiger partial charge >= 0.3 is 12.1 Å². The van der Waals surface area contributed by atoms with Gasteiger partial charge < -0.3 is 0 Å². The van der Waals surface area contributed by atoms with E-state index in [0.717, 1.165) is 0 Å². The van der Waals surface area contributed by atoms with Gasteiger partial charge in [-0.3, -0.25) is 19.3 Å². The Morgan fingerprint density at radius 3 is 2.14 bits per heavy atom. The van der Waals surface area contributed by atoms with Gasteiger partial charge in [-0.1, -0.05) is 48.5 Å². The third-order valence-corrected chi connectivity index (χ3v) is 6.00. The number of hydrogen-bond acceptors (Lipinski definition) is 3. The maximum Gasteiger partial charge on any atom is 0.471 e. The van der Waals surface area contributed by atoms with Crippen molar-refractivity contribution in [1.82, 2.24) is 0 Å². The molecule has 0 radical (unpaired) electrons. The van der Waals surface area contributed by atoms with E-state index in [2.05, 4.69) is 0 Å². The van der Waals surface area contributed by atoms with Gasteiger partial charge in [0, 0.05) is 22.6 Å². The number of carbonyl (C=O) groups is 3. The van der Waals surface area contributed by atoms with E-state index < -0.39 is 35.7 Å². The molecule has 1 aliphatic heterocycles. The van der Waals surface area contributed by atoms with Gasteiger partial charge in [0.05, 0.1) is 17.6 Å². The van der Waals surface area contributed by atoms with Crippen LogP contribution in [0.4, 0.5) is 18.9 Å². The molecule has 7 heteroatoms. The highest BCUT2D eigenvalue weighted by molar-refractivity contribution is 6.19. The zero-order valence-electron chi connectivity index (χ0n) is 14.9. The molecule has 1 amide bonds. The lowest BCUT2D eigenvalue weighted by Crippen LogP contribution is -2.55. The largest absolute Gasteiger partial charge is 0.471 e. The van der Waals surface area contributed by atoms with Crippen molar-refractivity contribution >= 4 is 28.7 Å². The molecule has 2 aromatic carbocycles. The minimum atomic E-state index is -5.10. The zero-order chi connectivity index (χ0) is 20.5. The number of hydrogen-bond donors (Lipinski definition) is 0. The second-order valence-corrected chi connectivity index (χ2v) is 7.44. The molecule has 1 heterocycles. The van der Waals surface area contributed by atoms with Gasteiger partial charge in [-0.25, -0.2) is 0 Å². The fourth-order valence-electron chi connectivity index (χ4n) is 4.84. The first-order valence-corrected chi connectivity index (χ1v) is 9.18. The number of rotatable bonds is 0. The summed E-state index contributed by atoms with van der Waals surface area (Å²) in [5.41, 5.74) is 1.61. The van der Waals surface area contributed by atoms with Crippen molar-refractivity contribution in [2.45, 2.75) is 18.6 Å². The highest BCUT2D eigenvalue weighted by atomic mass is 19.4. The molecule has 0 saturated carbocycles. The summed E-state index contributed by atoms with van der Waals surface area (Å²) in [6.07, 6.45) is -3.15. The second kappa shape index (κ2) is 5.89. The number of benzene rings is 2. The number of amides is 1. The third kappa shape index (κ3) is 2.36. The average Bonchev–Trinajstić information content (AvgIpc) is 3.04. The van der Waals surface area contributed by atoms with E-state index >= 15 is 0 Å². The number of fused-ring (bicyclic) bond motifs is 6. The molecule has 2 aliphatic carbocycles. The van der Waals surface area contributed by atoms with Crippen LogP contribution >= 0.6 is 0 Å². The predicted octanol–water partition coefficient (Wildman–Crippen LogP) is 4.06. The number of alkyl halides is 3. The van der Waals surface area contributed by atoms with Gasteiger partial charge in [0.1, 0.15) is 0 Å². The SMILES string of the molecule is O=C1c2ccccc2C(=O)[C@H]2CC=C3c4ccccc4N(C(=O)C(F)(F)F)[C@H]3[C@@H]12. The number of allylic oxidation sites excluding steroid dienone is 1. The van der Waals surface area contributed by atoms with Crippen molar-refractivity contribution in [3.63, 3.8) is 0 Å². The first-order valence-electron chi connectivity index (χ1n) is 9.18. The summed E-state index contributed by atoms with van der Waals surface area (Å²) in [5, 5.41) is 0. The van der Waals surface area contributed by atoms with Gasteiger partial charge in [-0.2, -0.15) is 13.2 Å². The Morgan fingerprint density at radius 1 is 0.897 bits per heavy atom. The Kier molecular flexibility index (Phi) is 3.62. The van der Waals surface area contributed by atoms with E-state index in [0.29, 0.717) is 21.6 Å². The van der Waals surface area contributed by atoms with Crippen molar-refractivity contribution in [2.24, 2.45) is 11.8 Å². The van der Waals surface area contributed by atoms with E-state index in [1.54, 1.807) is 42.5 Å². The fourth-order valence-corrected chi connectivity index (χ4v) is 4.84. The quantitative estimate of drug-likeness (QED) is 0.674. The number of ketones is 2. The number of para-hydroxylation sites is 1. The van der Waals surface area contributed by atoms with Crippen LogP contribution in [0.1, 0.15) is 32.7 Å². The number of nitrogens with zero attached hydrogens (tertiary/aromatic N) is 1. The van der Waals surface area contributed by atoms with Gasteiger partial charge in [-0.15, -0.1) is 0 Å². The molecule has 0 aromatic heterocycles. The van der Waals surface area contributed by atoms with Crippen molar-refractivity contribution < 1.29 is 27.6 Å². The van der Waals surface area contributed by atoms with Gasteiger partial charge in [0.2, 0.25) is 0 Å². The van der Waals surface area contributed by atoms with Crippen molar-refractivity contribution in [2.75, 3.05) is 4.90 Å². The number of halogens is 3. The van der Waals surface area contributed by atoms with Crippen LogP contribution in [0.15, 0.2) is 54.6 Å². The standard InChI is InChI=1S/C22H14F3NO3/c23-22(24,25)21(29)26-16-8-4-3-5-11(16)12-9-10-15-17(18(12)26)20(28)14-7-2-1-6-13(14)19(15)27/h1-9,15,17-18H,10H2/t15-,17-,18+/m0/s1. The maximum atomic E-state index is 13.4. The minimum absolute atomic E-state index is 0.117. The van der Waals surface area contributed by atoms with Crippen LogP contribution in [0.5, 0.6) is 0 Å². The summed E-state index contributed by atoms with van der Waals surface area (Å²) in [4.78, 5) is 39.4. The summed E-state index contributed by atoms with van der Waals surface area (Å²) in [6.45, 7) is 0. The monoisotopic (exact) mass is 397 g/mol.